The van der Waals surface area contributed by atoms with Crippen LogP contribution in [0.3, 0.4) is 0 Å². The Kier molecular flexibility index (Phi) is 7.66. The second-order valence-electron chi connectivity index (χ2n) is 7.44. The third-order valence-electron chi connectivity index (χ3n) is 5.21. The molecule has 4 nitrogen and oxygen atoms in total. The molecule has 0 aromatic heterocycles. The van der Waals surface area contributed by atoms with Crippen molar-refractivity contribution in [3.63, 3.8) is 0 Å². The van der Waals surface area contributed by atoms with Crippen LogP contribution >= 0.6 is 0 Å². The number of hydrogen-bond acceptors (Lipinski definition) is 4. The van der Waals surface area contributed by atoms with Gasteiger partial charge in [-0.3, -0.25) is 0 Å². The predicted molar refractivity (Wildman–Crippen MR) is 107 cm³/mol. The highest BCUT2D eigenvalue weighted by atomic mass is 19.4. The molecule has 1 fully saturated rings. The van der Waals surface area contributed by atoms with Crippen LogP contribution in [0.2, 0.25) is 0 Å². The molecular formula is C23H24F6O4. The highest BCUT2D eigenvalue weighted by Gasteiger charge is 2.47. The monoisotopic (exact) mass is 478 g/mol. The van der Waals surface area contributed by atoms with Gasteiger partial charge in [-0.2, -0.15) is 22.0 Å². The summed E-state index contributed by atoms with van der Waals surface area (Å²) in [5.74, 6) is -4.74. The summed E-state index contributed by atoms with van der Waals surface area (Å²) < 4.78 is 104. The predicted octanol–water partition coefficient (Wildman–Crippen LogP) is 6.78. The van der Waals surface area contributed by atoms with E-state index in [0.717, 1.165) is 11.6 Å². The van der Waals surface area contributed by atoms with Gasteiger partial charge in [0.2, 0.25) is 0 Å². The number of alkyl halides is 5. The minimum atomic E-state index is -5.15. The van der Waals surface area contributed by atoms with Gasteiger partial charge in [0.15, 0.2) is 11.6 Å². The summed E-state index contributed by atoms with van der Waals surface area (Å²) in [4.78, 5) is 0. The molecule has 0 bridgehead atoms. The van der Waals surface area contributed by atoms with Gasteiger partial charge < -0.3 is 18.9 Å². The smallest absolute Gasteiger partial charge is 0.422 e. The van der Waals surface area contributed by atoms with Gasteiger partial charge in [-0.25, -0.2) is 4.39 Å². The minimum Gasteiger partial charge on any atom is -0.494 e. The first-order chi connectivity index (χ1) is 15.6. The van der Waals surface area contributed by atoms with Crippen molar-refractivity contribution in [2.75, 3.05) is 19.8 Å². The highest BCUT2D eigenvalue weighted by Crippen LogP contribution is 2.44. The van der Waals surface area contributed by atoms with E-state index < -0.39 is 53.8 Å². The molecule has 0 spiro atoms. The summed E-state index contributed by atoms with van der Waals surface area (Å²) >= 11 is 0. The van der Waals surface area contributed by atoms with Crippen LogP contribution in [-0.2, 0) is 10.9 Å². The standard InChI is InChI=1S/C23H24F6O4/c1-3-30-16-8-5-14(6-9-16)17-10-7-15(13-32-17)23(28,29)33-19-12-11-18(31-4-2)20(21(19)24)22(25,26)27/h5-6,8-9,11-12,15,17H,3-4,7,10,13H2,1-2H3. The summed E-state index contributed by atoms with van der Waals surface area (Å²) in [5, 5.41) is 0. The van der Waals surface area contributed by atoms with Crippen LogP contribution < -0.4 is 14.2 Å². The maximum atomic E-state index is 14.7. The van der Waals surface area contributed by atoms with E-state index >= 15 is 0 Å². The maximum absolute atomic E-state index is 14.7. The Labute approximate surface area is 187 Å². The zero-order valence-electron chi connectivity index (χ0n) is 18.1. The Morgan fingerprint density at radius 1 is 0.879 bits per heavy atom. The lowest BCUT2D eigenvalue weighted by atomic mass is 9.94. The normalized spacial score (nSPS) is 19.3. The quantitative estimate of drug-likeness (QED) is 0.392. The first kappa shape index (κ1) is 25.0. The number of hydrogen-bond donors (Lipinski definition) is 0. The van der Waals surface area contributed by atoms with Gasteiger partial charge in [-0.1, -0.05) is 12.1 Å². The molecule has 1 heterocycles. The minimum absolute atomic E-state index is 0.0321. The van der Waals surface area contributed by atoms with Gasteiger partial charge in [0, 0.05) is 0 Å². The van der Waals surface area contributed by atoms with Crippen molar-refractivity contribution < 1.29 is 45.3 Å². The van der Waals surface area contributed by atoms with Crippen LogP contribution in [0, 0.1) is 11.7 Å². The molecule has 1 aliphatic rings. The summed E-state index contributed by atoms with van der Waals surface area (Å²) in [6.07, 6.45) is -9.32. The van der Waals surface area contributed by atoms with E-state index in [1.165, 1.54) is 6.92 Å². The van der Waals surface area contributed by atoms with Crippen LogP contribution in [0.4, 0.5) is 26.3 Å². The fourth-order valence-corrected chi connectivity index (χ4v) is 3.61. The Morgan fingerprint density at radius 3 is 2.06 bits per heavy atom. The lowest BCUT2D eigenvalue weighted by Gasteiger charge is -2.33. The molecule has 3 rings (SSSR count). The van der Waals surface area contributed by atoms with Crippen molar-refractivity contribution in [3.8, 4) is 17.2 Å². The molecule has 1 aliphatic heterocycles. The fourth-order valence-electron chi connectivity index (χ4n) is 3.61. The summed E-state index contributed by atoms with van der Waals surface area (Å²) in [5.41, 5.74) is -0.998. The molecule has 2 unspecified atom stereocenters. The van der Waals surface area contributed by atoms with E-state index in [1.54, 1.807) is 24.3 Å². The van der Waals surface area contributed by atoms with E-state index in [4.69, 9.17) is 14.2 Å². The Hall–Kier alpha value is -2.62. The molecule has 10 heteroatoms. The molecule has 2 atom stereocenters. The summed E-state index contributed by atoms with van der Waals surface area (Å²) in [6.45, 7) is 3.21. The van der Waals surface area contributed by atoms with Crippen LogP contribution in [-0.4, -0.2) is 25.9 Å². The van der Waals surface area contributed by atoms with Gasteiger partial charge >= 0.3 is 12.3 Å². The first-order valence-electron chi connectivity index (χ1n) is 10.5. The SMILES string of the molecule is CCOc1ccc(C2CCC(C(F)(F)Oc3ccc(OCC)c(C(F)(F)F)c3F)CO2)cc1. The maximum Gasteiger partial charge on any atom is 0.422 e. The van der Waals surface area contributed by atoms with E-state index in [9.17, 15) is 26.3 Å². The molecule has 0 aliphatic carbocycles. The average Bonchev–Trinajstić information content (AvgIpc) is 2.76. The third kappa shape index (κ3) is 5.85. The second-order valence-corrected chi connectivity index (χ2v) is 7.44. The Balaban J connectivity index is 1.70. The molecule has 0 N–H and O–H groups in total. The van der Waals surface area contributed by atoms with Crippen molar-refractivity contribution in [3.05, 3.63) is 53.3 Å². The van der Waals surface area contributed by atoms with Crippen molar-refractivity contribution in [2.24, 2.45) is 5.92 Å². The first-order valence-corrected chi connectivity index (χ1v) is 10.5. The second kappa shape index (κ2) is 10.1. The number of rotatable bonds is 8. The van der Waals surface area contributed by atoms with E-state index in [1.807, 2.05) is 6.92 Å². The molecule has 182 valence electrons. The van der Waals surface area contributed by atoms with Crippen molar-refractivity contribution in [1.29, 1.82) is 0 Å². The molecule has 0 saturated carbocycles. The Morgan fingerprint density at radius 2 is 1.52 bits per heavy atom. The molecule has 33 heavy (non-hydrogen) atoms. The van der Waals surface area contributed by atoms with Crippen molar-refractivity contribution in [1.82, 2.24) is 0 Å². The van der Waals surface area contributed by atoms with Crippen LogP contribution in [0.15, 0.2) is 36.4 Å². The van der Waals surface area contributed by atoms with Crippen LogP contribution in [0.1, 0.15) is 43.9 Å². The number of ether oxygens (including phenoxy) is 4. The van der Waals surface area contributed by atoms with E-state index in [-0.39, 0.29) is 19.4 Å². The highest BCUT2D eigenvalue weighted by molar-refractivity contribution is 5.44. The van der Waals surface area contributed by atoms with Gasteiger partial charge in [-0.15, -0.1) is 0 Å². The van der Waals surface area contributed by atoms with Gasteiger partial charge in [0.1, 0.15) is 17.1 Å². The average molecular weight is 478 g/mol. The van der Waals surface area contributed by atoms with Gasteiger partial charge in [0.25, 0.3) is 0 Å². The van der Waals surface area contributed by atoms with Crippen LogP contribution in [0.25, 0.3) is 0 Å². The molecule has 2 aromatic rings. The van der Waals surface area contributed by atoms with Crippen molar-refractivity contribution >= 4 is 0 Å². The zero-order chi connectivity index (χ0) is 24.2. The number of benzene rings is 2. The zero-order valence-corrected chi connectivity index (χ0v) is 18.1. The largest absolute Gasteiger partial charge is 0.494 e. The van der Waals surface area contributed by atoms with Gasteiger partial charge in [0.05, 0.1) is 31.8 Å². The van der Waals surface area contributed by atoms with Crippen LogP contribution in [0.5, 0.6) is 17.2 Å². The lowest BCUT2D eigenvalue weighted by Crippen LogP contribution is -2.40. The summed E-state index contributed by atoms with van der Waals surface area (Å²) in [6, 6.07) is 8.52. The molecule has 2 aromatic carbocycles. The molecule has 0 radical (unpaired) electrons. The Bertz CT molecular complexity index is 922. The fraction of sp³-hybridized carbons (Fsp3) is 0.478. The third-order valence-corrected chi connectivity index (χ3v) is 5.21. The topological polar surface area (TPSA) is 36.9 Å². The van der Waals surface area contributed by atoms with E-state index in [0.29, 0.717) is 18.4 Å². The number of halogens is 6. The van der Waals surface area contributed by atoms with Gasteiger partial charge in [-0.05, 0) is 56.5 Å². The van der Waals surface area contributed by atoms with E-state index in [2.05, 4.69) is 4.74 Å². The van der Waals surface area contributed by atoms with Crippen molar-refractivity contribution in [2.45, 2.75) is 45.1 Å². The summed E-state index contributed by atoms with van der Waals surface area (Å²) in [7, 11) is 0. The molecular weight excluding hydrogens is 454 g/mol. The molecule has 0 amide bonds. The lowest BCUT2D eigenvalue weighted by molar-refractivity contribution is -0.242. The molecule has 1 saturated heterocycles.